The molecule has 0 bridgehead atoms. The lowest BCUT2D eigenvalue weighted by molar-refractivity contribution is -0.121. The fourth-order valence-corrected chi connectivity index (χ4v) is 4.04. The summed E-state index contributed by atoms with van der Waals surface area (Å²) in [6.45, 7) is 2.54. The molecule has 2 heterocycles. The highest BCUT2D eigenvalue weighted by Crippen LogP contribution is 2.24. The Bertz CT molecular complexity index is 955. The van der Waals surface area contributed by atoms with E-state index in [2.05, 4.69) is 17.1 Å². The van der Waals surface area contributed by atoms with Crippen molar-refractivity contribution in [1.82, 2.24) is 9.88 Å². The summed E-state index contributed by atoms with van der Waals surface area (Å²) in [5, 5.41) is 1.73. The van der Waals surface area contributed by atoms with Gasteiger partial charge in [-0.05, 0) is 31.0 Å². The Balaban J connectivity index is 1.63. The highest BCUT2D eigenvalue weighted by atomic mass is 32.1. The Labute approximate surface area is 168 Å². The zero-order valence-electron chi connectivity index (χ0n) is 15.6. The number of benzene rings is 2. The molecular weight excluding hydrogens is 370 g/mol. The lowest BCUT2D eigenvalue weighted by atomic mass is 10.0. The summed E-state index contributed by atoms with van der Waals surface area (Å²) in [5.41, 5.74) is 5.20. The Morgan fingerprint density at radius 1 is 1.14 bits per heavy atom. The fourth-order valence-electron chi connectivity index (χ4n) is 3.51. The molecule has 1 atom stereocenters. The first kappa shape index (κ1) is 18.4. The highest BCUT2D eigenvalue weighted by Gasteiger charge is 2.36. The molecule has 0 saturated carbocycles. The van der Waals surface area contributed by atoms with Crippen molar-refractivity contribution < 1.29 is 9.59 Å². The van der Waals surface area contributed by atoms with E-state index >= 15 is 0 Å². The molecule has 2 aromatic carbocycles. The van der Waals surface area contributed by atoms with Gasteiger partial charge in [-0.25, -0.2) is 4.98 Å². The number of anilines is 1. The van der Waals surface area contributed by atoms with E-state index in [0.717, 1.165) is 16.8 Å². The van der Waals surface area contributed by atoms with Crippen LogP contribution in [-0.2, 0) is 11.2 Å². The predicted molar refractivity (Wildman–Crippen MR) is 111 cm³/mol. The van der Waals surface area contributed by atoms with Gasteiger partial charge < -0.3 is 9.80 Å². The van der Waals surface area contributed by atoms with Crippen LogP contribution < -0.4 is 4.90 Å². The standard InChI is InChI=1S/C22H21N3O2S/c1-16-7-9-18(10-8-16)24-12-19(11-17-5-3-2-4-6-17)25(13-21(24)26)22(27)20-14-28-15-23-20/h2-10,14-15,19H,11-13H2,1H3/t19-/m0/s1. The van der Waals surface area contributed by atoms with Crippen LogP contribution in [0.1, 0.15) is 21.6 Å². The molecule has 1 aliphatic heterocycles. The molecule has 0 N–H and O–H groups in total. The minimum atomic E-state index is -0.181. The zero-order valence-corrected chi connectivity index (χ0v) is 16.4. The molecule has 0 aliphatic carbocycles. The number of aryl methyl sites for hydroxylation is 1. The van der Waals surface area contributed by atoms with Gasteiger partial charge in [0.15, 0.2) is 0 Å². The summed E-state index contributed by atoms with van der Waals surface area (Å²) < 4.78 is 0. The van der Waals surface area contributed by atoms with Crippen molar-refractivity contribution in [3.8, 4) is 0 Å². The number of hydrogen-bond donors (Lipinski definition) is 0. The van der Waals surface area contributed by atoms with E-state index in [9.17, 15) is 9.59 Å². The van der Waals surface area contributed by atoms with Crippen molar-refractivity contribution >= 4 is 28.8 Å². The number of carbonyl (C=O) groups is 2. The van der Waals surface area contributed by atoms with Gasteiger partial charge in [-0.1, -0.05) is 48.0 Å². The lowest BCUT2D eigenvalue weighted by Crippen LogP contribution is -2.59. The molecule has 0 unspecified atom stereocenters. The number of piperazine rings is 1. The first-order chi connectivity index (χ1) is 13.6. The van der Waals surface area contributed by atoms with Gasteiger partial charge in [-0.3, -0.25) is 9.59 Å². The normalized spacial score (nSPS) is 17.0. The Morgan fingerprint density at radius 3 is 2.57 bits per heavy atom. The molecule has 1 aromatic heterocycles. The van der Waals surface area contributed by atoms with Crippen molar-refractivity contribution in [2.24, 2.45) is 0 Å². The third-order valence-electron chi connectivity index (χ3n) is 5.01. The van der Waals surface area contributed by atoms with Crippen LogP contribution in [-0.4, -0.2) is 40.8 Å². The van der Waals surface area contributed by atoms with Crippen LogP contribution in [0, 0.1) is 6.92 Å². The predicted octanol–water partition coefficient (Wildman–Crippen LogP) is 3.55. The van der Waals surface area contributed by atoms with Crippen LogP contribution in [0.4, 0.5) is 5.69 Å². The largest absolute Gasteiger partial charge is 0.323 e. The number of aromatic nitrogens is 1. The van der Waals surface area contributed by atoms with Gasteiger partial charge in [0.2, 0.25) is 5.91 Å². The van der Waals surface area contributed by atoms with E-state index in [0.29, 0.717) is 18.7 Å². The molecular formula is C22H21N3O2S. The lowest BCUT2D eigenvalue weighted by Gasteiger charge is -2.41. The van der Waals surface area contributed by atoms with Crippen LogP contribution in [0.3, 0.4) is 0 Å². The summed E-state index contributed by atoms with van der Waals surface area (Å²) in [6, 6.07) is 17.9. The summed E-state index contributed by atoms with van der Waals surface area (Å²) in [4.78, 5) is 33.5. The first-order valence-electron chi connectivity index (χ1n) is 9.22. The van der Waals surface area contributed by atoms with Crippen LogP contribution in [0.5, 0.6) is 0 Å². The summed E-state index contributed by atoms with van der Waals surface area (Å²) >= 11 is 1.38. The van der Waals surface area contributed by atoms with E-state index < -0.39 is 0 Å². The van der Waals surface area contributed by atoms with E-state index in [1.165, 1.54) is 11.3 Å². The molecule has 4 rings (SSSR count). The number of thiazole rings is 1. The smallest absolute Gasteiger partial charge is 0.274 e. The van der Waals surface area contributed by atoms with Crippen molar-refractivity contribution in [3.63, 3.8) is 0 Å². The highest BCUT2D eigenvalue weighted by molar-refractivity contribution is 7.07. The van der Waals surface area contributed by atoms with Gasteiger partial charge in [-0.15, -0.1) is 11.3 Å². The molecule has 6 heteroatoms. The Hall–Kier alpha value is -2.99. The SMILES string of the molecule is Cc1ccc(N2C[C@H](Cc3ccccc3)N(C(=O)c3cscn3)CC2=O)cc1. The maximum absolute atomic E-state index is 13.0. The number of carbonyl (C=O) groups excluding carboxylic acids is 2. The zero-order chi connectivity index (χ0) is 19.5. The number of nitrogens with zero attached hydrogens (tertiary/aromatic N) is 3. The molecule has 1 fully saturated rings. The Kier molecular flexibility index (Phi) is 5.21. The quantitative estimate of drug-likeness (QED) is 0.683. The van der Waals surface area contributed by atoms with Crippen molar-refractivity contribution in [2.75, 3.05) is 18.0 Å². The van der Waals surface area contributed by atoms with E-state index in [4.69, 9.17) is 0 Å². The molecule has 1 aliphatic rings. The van der Waals surface area contributed by atoms with Crippen LogP contribution in [0.25, 0.3) is 0 Å². The van der Waals surface area contributed by atoms with Crippen molar-refractivity contribution in [1.29, 1.82) is 0 Å². The van der Waals surface area contributed by atoms with Crippen LogP contribution in [0.2, 0.25) is 0 Å². The second-order valence-corrected chi connectivity index (χ2v) is 7.71. The molecule has 0 radical (unpaired) electrons. The minimum absolute atomic E-state index is 0.0573. The second-order valence-electron chi connectivity index (χ2n) is 6.99. The summed E-state index contributed by atoms with van der Waals surface area (Å²) in [6.07, 6.45) is 0.687. The summed E-state index contributed by atoms with van der Waals surface area (Å²) in [7, 11) is 0. The van der Waals surface area contributed by atoms with Crippen molar-refractivity contribution in [2.45, 2.75) is 19.4 Å². The number of amides is 2. The van der Waals surface area contributed by atoms with Gasteiger partial charge >= 0.3 is 0 Å². The van der Waals surface area contributed by atoms with Crippen LogP contribution in [0.15, 0.2) is 65.5 Å². The van der Waals surface area contributed by atoms with Crippen molar-refractivity contribution in [3.05, 3.63) is 82.3 Å². The average Bonchev–Trinajstić information content (AvgIpc) is 3.25. The molecule has 142 valence electrons. The maximum atomic E-state index is 13.0. The van der Waals surface area contributed by atoms with E-state index in [1.807, 2.05) is 49.4 Å². The molecule has 2 amide bonds. The monoisotopic (exact) mass is 391 g/mol. The molecule has 5 nitrogen and oxygen atoms in total. The first-order valence-corrected chi connectivity index (χ1v) is 10.2. The fraction of sp³-hybridized carbons (Fsp3) is 0.227. The topological polar surface area (TPSA) is 53.5 Å². The minimum Gasteiger partial charge on any atom is -0.323 e. The van der Waals surface area contributed by atoms with Gasteiger partial charge in [0.1, 0.15) is 12.2 Å². The third kappa shape index (κ3) is 3.82. The maximum Gasteiger partial charge on any atom is 0.274 e. The van der Waals surface area contributed by atoms with Gasteiger partial charge in [0, 0.05) is 17.6 Å². The van der Waals surface area contributed by atoms with E-state index in [1.54, 1.807) is 20.7 Å². The average molecular weight is 391 g/mol. The molecule has 3 aromatic rings. The van der Waals surface area contributed by atoms with Gasteiger partial charge in [0.05, 0.1) is 11.6 Å². The second kappa shape index (κ2) is 7.94. The number of hydrogen-bond acceptors (Lipinski definition) is 4. The summed E-state index contributed by atoms with van der Waals surface area (Å²) in [5.74, 6) is -0.254. The van der Waals surface area contributed by atoms with Gasteiger partial charge in [-0.2, -0.15) is 0 Å². The molecule has 1 saturated heterocycles. The van der Waals surface area contributed by atoms with Gasteiger partial charge in [0.25, 0.3) is 5.91 Å². The van der Waals surface area contributed by atoms with Crippen LogP contribution >= 0.6 is 11.3 Å². The third-order valence-corrected chi connectivity index (χ3v) is 5.60. The molecule has 28 heavy (non-hydrogen) atoms. The van der Waals surface area contributed by atoms with E-state index in [-0.39, 0.29) is 24.4 Å². The molecule has 0 spiro atoms. The number of rotatable bonds is 4. The Morgan fingerprint density at radius 2 is 1.89 bits per heavy atom.